The SMILES string of the molecule is O=C(NCc1ccccc1)c1cccc(-c2c[nH]c3ncc(-c4ccccc4Oc4ccccc4)cc23)c1. The highest BCUT2D eigenvalue weighted by atomic mass is 16.5. The van der Waals surface area contributed by atoms with Crippen LogP contribution in [0.3, 0.4) is 0 Å². The van der Waals surface area contributed by atoms with Crippen LogP contribution < -0.4 is 10.1 Å². The first kappa shape index (κ1) is 23.3. The Labute approximate surface area is 220 Å². The van der Waals surface area contributed by atoms with E-state index in [4.69, 9.17) is 4.74 Å². The number of amides is 1. The molecule has 0 aliphatic heterocycles. The molecule has 2 N–H and O–H groups in total. The van der Waals surface area contributed by atoms with Crippen LogP contribution in [0.2, 0.25) is 0 Å². The number of pyridine rings is 1. The lowest BCUT2D eigenvalue weighted by atomic mass is 10.00. The second-order valence-electron chi connectivity index (χ2n) is 8.98. The highest BCUT2D eigenvalue weighted by molar-refractivity contribution is 5.99. The van der Waals surface area contributed by atoms with E-state index < -0.39 is 0 Å². The number of aromatic nitrogens is 2. The lowest BCUT2D eigenvalue weighted by Gasteiger charge is -2.11. The van der Waals surface area contributed by atoms with Crippen molar-refractivity contribution in [1.29, 1.82) is 0 Å². The monoisotopic (exact) mass is 495 g/mol. The van der Waals surface area contributed by atoms with Crippen LogP contribution in [0, 0.1) is 0 Å². The third-order valence-electron chi connectivity index (χ3n) is 6.43. The van der Waals surface area contributed by atoms with Gasteiger partial charge >= 0.3 is 0 Å². The fourth-order valence-corrected chi connectivity index (χ4v) is 4.51. The third kappa shape index (κ3) is 4.90. The maximum Gasteiger partial charge on any atom is 0.251 e. The predicted octanol–water partition coefficient (Wildman–Crippen LogP) is 7.62. The first-order chi connectivity index (χ1) is 18.7. The minimum atomic E-state index is -0.110. The van der Waals surface area contributed by atoms with Crippen molar-refractivity contribution in [3.8, 4) is 33.8 Å². The van der Waals surface area contributed by atoms with Crippen LogP contribution >= 0.6 is 0 Å². The van der Waals surface area contributed by atoms with Gasteiger partial charge in [0.1, 0.15) is 17.1 Å². The molecule has 2 aromatic heterocycles. The van der Waals surface area contributed by atoms with Crippen LogP contribution in [0.4, 0.5) is 0 Å². The van der Waals surface area contributed by atoms with E-state index in [1.165, 1.54) is 0 Å². The summed E-state index contributed by atoms with van der Waals surface area (Å²) >= 11 is 0. The standard InChI is InChI=1S/C33H25N3O2/c37-33(36-20-23-10-3-1-4-11-23)25-13-9-12-24(18-25)30-22-35-32-29(30)19-26(21-34-32)28-16-7-8-17-31(28)38-27-14-5-2-6-15-27/h1-19,21-22H,20H2,(H,34,35)(H,36,37). The van der Waals surface area contributed by atoms with Gasteiger partial charge in [-0.3, -0.25) is 4.79 Å². The number of fused-ring (bicyclic) bond motifs is 1. The Balaban J connectivity index is 1.31. The summed E-state index contributed by atoms with van der Waals surface area (Å²) in [6.07, 6.45) is 3.79. The summed E-state index contributed by atoms with van der Waals surface area (Å²) < 4.78 is 6.19. The van der Waals surface area contributed by atoms with Crippen LogP contribution in [-0.4, -0.2) is 15.9 Å². The molecule has 0 unspecified atom stereocenters. The van der Waals surface area contributed by atoms with E-state index in [1.54, 1.807) is 0 Å². The fraction of sp³-hybridized carbons (Fsp3) is 0.0303. The van der Waals surface area contributed by atoms with Crippen molar-refractivity contribution < 1.29 is 9.53 Å². The largest absolute Gasteiger partial charge is 0.457 e. The summed E-state index contributed by atoms with van der Waals surface area (Å²) in [5.41, 5.74) is 6.27. The van der Waals surface area contributed by atoms with Gasteiger partial charge in [0.15, 0.2) is 0 Å². The first-order valence-electron chi connectivity index (χ1n) is 12.5. The number of nitrogens with zero attached hydrogens (tertiary/aromatic N) is 1. The van der Waals surface area contributed by atoms with Crippen molar-refractivity contribution in [1.82, 2.24) is 15.3 Å². The molecule has 0 spiro atoms. The number of carbonyl (C=O) groups is 1. The number of carbonyl (C=O) groups excluding carboxylic acids is 1. The van der Waals surface area contributed by atoms with Crippen LogP contribution in [0.1, 0.15) is 15.9 Å². The van der Waals surface area contributed by atoms with Crippen molar-refractivity contribution in [3.63, 3.8) is 0 Å². The summed E-state index contributed by atoms with van der Waals surface area (Å²) in [6, 6.07) is 37.4. The number of aromatic amines is 1. The second-order valence-corrected chi connectivity index (χ2v) is 8.98. The smallest absolute Gasteiger partial charge is 0.251 e. The van der Waals surface area contributed by atoms with E-state index in [9.17, 15) is 4.79 Å². The van der Waals surface area contributed by atoms with Crippen LogP contribution in [0.15, 0.2) is 128 Å². The van der Waals surface area contributed by atoms with E-state index in [1.807, 2.05) is 122 Å². The molecule has 5 heteroatoms. The van der Waals surface area contributed by atoms with Gasteiger partial charge in [0, 0.05) is 46.6 Å². The molecule has 38 heavy (non-hydrogen) atoms. The lowest BCUT2D eigenvalue weighted by Crippen LogP contribution is -2.22. The number of ether oxygens (including phenoxy) is 1. The van der Waals surface area contributed by atoms with Gasteiger partial charge in [0.25, 0.3) is 5.91 Å². The number of hydrogen-bond acceptors (Lipinski definition) is 3. The summed E-state index contributed by atoms with van der Waals surface area (Å²) in [4.78, 5) is 20.8. The normalized spacial score (nSPS) is 10.8. The quantitative estimate of drug-likeness (QED) is 0.239. The highest BCUT2D eigenvalue weighted by Gasteiger charge is 2.14. The minimum absolute atomic E-state index is 0.110. The number of hydrogen-bond donors (Lipinski definition) is 2. The number of benzene rings is 4. The molecule has 1 amide bonds. The Hall–Kier alpha value is -5.16. The lowest BCUT2D eigenvalue weighted by molar-refractivity contribution is 0.0951. The maximum absolute atomic E-state index is 12.9. The summed E-state index contributed by atoms with van der Waals surface area (Å²) in [7, 11) is 0. The molecule has 184 valence electrons. The predicted molar refractivity (Wildman–Crippen MR) is 151 cm³/mol. The van der Waals surface area contributed by atoms with Gasteiger partial charge in [-0.1, -0.05) is 78.9 Å². The topological polar surface area (TPSA) is 67.0 Å². The molecular formula is C33H25N3O2. The zero-order valence-corrected chi connectivity index (χ0v) is 20.6. The molecule has 6 aromatic rings. The summed E-state index contributed by atoms with van der Waals surface area (Å²) in [6.45, 7) is 0.481. The van der Waals surface area contributed by atoms with Crippen molar-refractivity contribution in [2.75, 3.05) is 0 Å². The zero-order chi connectivity index (χ0) is 25.7. The number of H-pyrrole nitrogens is 1. The Morgan fingerprint density at radius 2 is 1.53 bits per heavy atom. The molecule has 5 nitrogen and oxygen atoms in total. The second kappa shape index (κ2) is 10.4. The van der Waals surface area contributed by atoms with Gasteiger partial charge in [-0.2, -0.15) is 0 Å². The fourth-order valence-electron chi connectivity index (χ4n) is 4.51. The summed E-state index contributed by atoms with van der Waals surface area (Å²) in [5, 5.41) is 3.98. The van der Waals surface area contributed by atoms with Crippen LogP contribution in [0.5, 0.6) is 11.5 Å². The molecule has 0 aliphatic rings. The van der Waals surface area contributed by atoms with Crippen molar-refractivity contribution in [2.24, 2.45) is 0 Å². The van der Waals surface area contributed by atoms with Gasteiger partial charge in [0.05, 0.1) is 0 Å². The van der Waals surface area contributed by atoms with Gasteiger partial charge in [-0.25, -0.2) is 4.98 Å². The molecule has 0 saturated carbocycles. The maximum atomic E-state index is 12.9. The van der Waals surface area contributed by atoms with Gasteiger partial charge in [-0.15, -0.1) is 0 Å². The highest BCUT2D eigenvalue weighted by Crippen LogP contribution is 2.36. The first-order valence-corrected chi connectivity index (χ1v) is 12.5. The Morgan fingerprint density at radius 1 is 0.763 bits per heavy atom. The van der Waals surface area contributed by atoms with Crippen LogP contribution in [0.25, 0.3) is 33.3 Å². The number of nitrogens with one attached hydrogen (secondary N) is 2. The molecule has 0 bridgehead atoms. The van der Waals surface area contributed by atoms with Crippen LogP contribution in [-0.2, 0) is 6.54 Å². The molecule has 6 rings (SSSR count). The van der Waals surface area contributed by atoms with Crippen molar-refractivity contribution in [2.45, 2.75) is 6.54 Å². The molecule has 0 aliphatic carbocycles. The minimum Gasteiger partial charge on any atom is -0.457 e. The zero-order valence-electron chi connectivity index (χ0n) is 20.6. The Kier molecular flexibility index (Phi) is 6.39. The van der Waals surface area contributed by atoms with Crippen molar-refractivity contribution >= 4 is 16.9 Å². The average molecular weight is 496 g/mol. The number of rotatable bonds is 7. The Morgan fingerprint density at radius 3 is 2.37 bits per heavy atom. The molecule has 0 fully saturated rings. The van der Waals surface area contributed by atoms with E-state index >= 15 is 0 Å². The van der Waals surface area contributed by atoms with E-state index in [-0.39, 0.29) is 5.91 Å². The average Bonchev–Trinajstić information content (AvgIpc) is 3.41. The van der Waals surface area contributed by atoms with Gasteiger partial charge < -0.3 is 15.0 Å². The molecular weight excluding hydrogens is 470 g/mol. The summed E-state index contributed by atoms with van der Waals surface area (Å²) in [5.74, 6) is 1.43. The molecule has 0 atom stereocenters. The van der Waals surface area contributed by atoms with Gasteiger partial charge in [-0.05, 0) is 47.5 Å². The molecule has 0 radical (unpaired) electrons. The van der Waals surface area contributed by atoms with E-state index in [2.05, 4.69) is 21.4 Å². The molecule has 4 aromatic carbocycles. The number of para-hydroxylation sites is 2. The van der Waals surface area contributed by atoms with E-state index in [0.29, 0.717) is 12.1 Å². The molecule has 0 saturated heterocycles. The van der Waals surface area contributed by atoms with Gasteiger partial charge in [0.2, 0.25) is 0 Å². The Bertz CT molecular complexity index is 1710. The third-order valence-corrected chi connectivity index (χ3v) is 6.43. The van der Waals surface area contributed by atoms with E-state index in [0.717, 1.165) is 50.3 Å². The van der Waals surface area contributed by atoms with Crippen molar-refractivity contribution in [3.05, 3.63) is 139 Å². The molecule has 2 heterocycles.